The third kappa shape index (κ3) is 4.19. The first-order chi connectivity index (χ1) is 13.7. The van der Waals surface area contributed by atoms with Crippen molar-refractivity contribution in [1.82, 2.24) is 15.0 Å². The fourth-order valence-electron chi connectivity index (χ4n) is 3.40. The van der Waals surface area contributed by atoms with Crippen molar-refractivity contribution >= 4 is 30.0 Å². The van der Waals surface area contributed by atoms with E-state index < -0.39 is 5.97 Å². The predicted octanol–water partition coefficient (Wildman–Crippen LogP) is 2.22. The number of aromatic carboxylic acids is 1. The summed E-state index contributed by atoms with van der Waals surface area (Å²) in [6.07, 6.45) is 6.21. The minimum absolute atomic E-state index is 0.244. The summed E-state index contributed by atoms with van der Waals surface area (Å²) in [6, 6.07) is 6.49. The number of anilines is 3. The Morgan fingerprint density at radius 2 is 1.46 bits per heavy atom. The highest BCUT2D eigenvalue weighted by atomic mass is 16.4. The van der Waals surface area contributed by atoms with Gasteiger partial charge in [0.15, 0.2) is 0 Å². The van der Waals surface area contributed by atoms with Crippen molar-refractivity contribution in [1.29, 1.82) is 0 Å². The summed E-state index contributed by atoms with van der Waals surface area (Å²) in [7, 11) is 0. The summed E-state index contributed by atoms with van der Waals surface area (Å²) >= 11 is 0. The zero-order valence-electron chi connectivity index (χ0n) is 15.6. The predicted molar refractivity (Wildman–Crippen MR) is 107 cm³/mol. The van der Waals surface area contributed by atoms with E-state index in [2.05, 4.69) is 35.3 Å². The molecule has 0 spiro atoms. The lowest BCUT2D eigenvalue weighted by molar-refractivity contribution is 0.0697. The molecule has 28 heavy (non-hydrogen) atoms. The molecule has 2 aliphatic rings. The van der Waals surface area contributed by atoms with Crippen molar-refractivity contribution in [2.45, 2.75) is 25.7 Å². The maximum atomic E-state index is 10.9. The van der Waals surface area contributed by atoms with E-state index in [-0.39, 0.29) is 5.56 Å². The normalized spacial score (nSPS) is 16.9. The Morgan fingerprint density at radius 3 is 1.96 bits per heavy atom. The number of carboxylic acid groups (broad SMARTS) is 1. The van der Waals surface area contributed by atoms with Crippen molar-refractivity contribution < 1.29 is 9.90 Å². The van der Waals surface area contributed by atoms with Crippen LogP contribution in [0.25, 0.3) is 0 Å². The highest BCUT2D eigenvalue weighted by Crippen LogP contribution is 2.22. The number of hydrazone groups is 1. The topological polar surface area (TPSA) is 107 Å². The van der Waals surface area contributed by atoms with Gasteiger partial charge in [0, 0.05) is 26.2 Å². The molecule has 146 valence electrons. The molecule has 0 aliphatic carbocycles. The number of aromatic nitrogens is 3. The van der Waals surface area contributed by atoms with E-state index >= 15 is 0 Å². The summed E-state index contributed by atoms with van der Waals surface area (Å²) in [6.45, 7) is 3.84. The van der Waals surface area contributed by atoms with E-state index in [1.54, 1.807) is 30.5 Å². The Morgan fingerprint density at radius 1 is 0.929 bits per heavy atom. The van der Waals surface area contributed by atoms with Gasteiger partial charge in [-0.15, -0.1) is 0 Å². The third-order valence-electron chi connectivity index (χ3n) is 4.93. The first-order valence-electron chi connectivity index (χ1n) is 9.57. The molecule has 2 N–H and O–H groups in total. The van der Waals surface area contributed by atoms with Crippen LogP contribution in [0, 0.1) is 0 Å². The number of hydrogen-bond donors (Lipinski definition) is 2. The Kier molecular flexibility index (Phi) is 5.31. The molecule has 9 heteroatoms. The van der Waals surface area contributed by atoms with Gasteiger partial charge < -0.3 is 14.9 Å². The number of rotatable bonds is 6. The second-order valence-corrected chi connectivity index (χ2v) is 6.94. The lowest BCUT2D eigenvalue weighted by Gasteiger charge is -2.20. The molecule has 0 bridgehead atoms. The van der Waals surface area contributed by atoms with Crippen LogP contribution in [0.4, 0.5) is 17.8 Å². The van der Waals surface area contributed by atoms with Gasteiger partial charge in [0.25, 0.3) is 0 Å². The van der Waals surface area contributed by atoms with Crippen LogP contribution in [-0.4, -0.2) is 58.4 Å². The lowest BCUT2D eigenvalue weighted by Crippen LogP contribution is -2.25. The minimum Gasteiger partial charge on any atom is -0.478 e. The molecular formula is C19H23N7O2. The quantitative estimate of drug-likeness (QED) is 0.579. The summed E-state index contributed by atoms with van der Waals surface area (Å²) in [4.78, 5) is 29.0. The highest BCUT2D eigenvalue weighted by molar-refractivity contribution is 5.89. The van der Waals surface area contributed by atoms with Gasteiger partial charge in [0.1, 0.15) is 0 Å². The number of nitrogens with one attached hydrogen (secondary N) is 1. The summed E-state index contributed by atoms with van der Waals surface area (Å²) in [5.41, 5.74) is 3.92. The SMILES string of the molecule is O=C(O)c1ccc(/C=N/Nc2nc(N3CCCC3)nc(N3CCCC3)n2)cc1. The van der Waals surface area contributed by atoms with E-state index in [0.717, 1.165) is 57.4 Å². The van der Waals surface area contributed by atoms with Gasteiger partial charge in [0.2, 0.25) is 17.8 Å². The number of carbonyl (C=O) groups is 1. The van der Waals surface area contributed by atoms with Gasteiger partial charge in [-0.2, -0.15) is 20.1 Å². The first kappa shape index (κ1) is 18.1. The van der Waals surface area contributed by atoms with Crippen LogP contribution in [0.2, 0.25) is 0 Å². The Labute approximate surface area is 163 Å². The number of benzene rings is 1. The molecule has 0 saturated carbocycles. The van der Waals surface area contributed by atoms with E-state index in [1.165, 1.54) is 0 Å². The standard InChI is InChI=1S/C19H23N7O2/c27-16(28)15-7-5-14(6-8-15)13-20-24-17-21-18(25-9-1-2-10-25)23-19(22-17)26-11-3-4-12-26/h5-8,13H,1-4,9-12H2,(H,27,28)(H,21,22,23,24)/b20-13+. The number of nitrogens with zero attached hydrogens (tertiary/aromatic N) is 6. The molecule has 9 nitrogen and oxygen atoms in total. The Bertz CT molecular complexity index is 823. The first-order valence-corrected chi connectivity index (χ1v) is 9.57. The van der Waals surface area contributed by atoms with Gasteiger partial charge in [-0.25, -0.2) is 10.2 Å². The van der Waals surface area contributed by atoms with Crippen LogP contribution in [0.3, 0.4) is 0 Å². The maximum Gasteiger partial charge on any atom is 0.335 e. The molecule has 2 saturated heterocycles. The maximum absolute atomic E-state index is 10.9. The number of hydrogen-bond acceptors (Lipinski definition) is 8. The molecule has 0 unspecified atom stereocenters. The minimum atomic E-state index is -0.948. The highest BCUT2D eigenvalue weighted by Gasteiger charge is 2.21. The molecular weight excluding hydrogens is 358 g/mol. The molecule has 2 aliphatic heterocycles. The molecule has 3 heterocycles. The molecule has 0 radical (unpaired) electrons. The molecule has 1 aromatic heterocycles. The van der Waals surface area contributed by atoms with Gasteiger partial charge in [-0.05, 0) is 43.4 Å². The van der Waals surface area contributed by atoms with Crippen molar-refractivity contribution in [2.24, 2.45) is 5.10 Å². The summed E-state index contributed by atoms with van der Waals surface area (Å²) in [5, 5.41) is 13.2. The molecule has 0 atom stereocenters. The molecule has 2 aromatic rings. The van der Waals surface area contributed by atoms with Gasteiger partial charge in [-0.3, -0.25) is 0 Å². The molecule has 0 amide bonds. The zero-order chi connectivity index (χ0) is 19.3. The van der Waals surface area contributed by atoms with E-state index in [4.69, 9.17) is 5.11 Å². The van der Waals surface area contributed by atoms with Crippen molar-refractivity contribution in [2.75, 3.05) is 41.4 Å². The average Bonchev–Trinajstić information content (AvgIpc) is 3.42. The summed E-state index contributed by atoms with van der Waals surface area (Å²) < 4.78 is 0. The summed E-state index contributed by atoms with van der Waals surface area (Å²) in [5.74, 6) is 0.851. The average molecular weight is 381 g/mol. The van der Waals surface area contributed by atoms with Gasteiger partial charge in [0.05, 0.1) is 11.8 Å². The van der Waals surface area contributed by atoms with Crippen LogP contribution in [0.1, 0.15) is 41.6 Å². The fourth-order valence-corrected chi connectivity index (χ4v) is 3.40. The molecule has 4 rings (SSSR count). The van der Waals surface area contributed by atoms with E-state index in [0.29, 0.717) is 17.8 Å². The largest absolute Gasteiger partial charge is 0.478 e. The Hall–Kier alpha value is -3.23. The molecule has 2 fully saturated rings. The van der Waals surface area contributed by atoms with Crippen LogP contribution in [-0.2, 0) is 0 Å². The van der Waals surface area contributed by atoms with E-state index in [1.807, 2.05) is 0 Å². The van der Waals surface area contributed by atoms with Crippen molar-refractivity contribution in [3.63, 3.8) is 0 Å². The Balaban J connectivity index is 1.51. The van der Waals surface area contributed by atoms with Crippen LogP contribution in [0.15, 0.2) is 29.4 Å². The third-order valence-corrected chi connectivity index (χ3v) is 4.93. The monoisotopic (exact) mass is 381 g/mol. The second-order valence-electron chi connectivity index (χ2n) is 6.94. The van der Waals surface area contributed by atoms with Crippen molar-refractivity contribution in [3.05, 3.63) is 35.4 Å². The molecule has 1 aromatic carbocycles. The van der Waals surface area contributed by atoms with Gasteiger partial charge >= 0.3 is 5.97 Å². The fraction of sp³-hybridized carbons (Fsp3) is 0.421. The number of carboxylic acids is 1. The van der Waals surface area contributed by atoms with Crippen LogP contribution in [0.5, 0.6) is 0 Å². The van der Waals surface area contributed by atoms with Crippen LogP contribution >= 0.6 is 0 Å². The van der Waals surface area contributed by atoms with Crippen LogP contribution < -0.4 is 15.2 Å². The van der Waals surface area contributed by atoms with E-state index in [9.17, 15) is 4.79 Å². The second kappa shape index (κ2) is 8.20. The zero-order valence-corrected chi connectivity index (χ0v) is 15.6. The lowest BCUT2D eigenvalue weighted by atomic mass is 10.1. The smallest absolute Gasteiger partial charge is 0.335 e. The van der Waals surface area contributed by atoms with Crippen molar-refractivity contribution in [3.8, 4) is 0 Å². The van der Waals surface area contributed by atoms with Gasteiger partial charge in [-0.1, -0.05) is 12.1 Å².